The summed E-state index contributed by atoms with van der Waals surface area (Å²) in [5, 5.41) is 7.88. The minimum atomic E-state index is 0.494. The molecule has 0 spiro atoms. The molecule has 0 amide bonds. The second-order valence-electron chi connectivity index (χ2n) is 4.52. The van der Waals surface area contributed by atoms with Gasteiger partial charge in [0.25, 0.3) is 0 Å². The van der Waals surface area contributed by atoms with E-state index < -0.39 is 0 Å². The zero-order valence-corrected chi connectivity index (χ0v) is 13.8. The van der Waals surface area contributed by atoms with E-state index in [1.807, 2.05) is 25.1 Å². The number of thiocarbonyl (C=S) groups is 1. The number of hydrogen-bond donors (Lipinski definition) is 2. The fourth-order valence-corrected chi connectivity index (χ4v) is 1.90. The van der Waals surface area contributed by atoms with E-state index in [1.165, 1.54) is 0 Å². The quantitative estimate of drug-likeness (QED) is 0.460. The Kier molecular flexibility index (Phi) is 7.71. The normalized spacial score (nSPS) is 11.1. The number of hydrazone groups is 1. The van der Waals surface area contributed by atoms with Crippen LogP contribution in [0, 0.1) is 0 Å². The van der Waals surface area contributed by atoms with Crippen LogP contribution in [0.3, 0.4) is 0 Å². The molecular formula is C15H23N3O2S. The van der Waals surface area contributed by atoms with Crippen LogP contribution in [0.1, 0.15) is 31.4 Å². The molecule has 0 radical (unpaired) electrons. The number of nitrogens with zero attached hydrogens (tertiary/aromatic N) is 1. The van der Waals surface area contributed by atoms with Gasteiger partial charge in [0.15, 0.2) is 5.11 Å². The lowest BCUT2D eigenvalue weighted by atomic mass is 10.1. The van der Waals surface area contributed by atoms with E-state index in [4.69, 9.17) is 21.7 Å². The number of benzene rings is 1. The molecule has 0 unspecified atom stereocenters. The molecule has 116 valence electrons. The molecule has 1 aromatic rings. The van der Waals surface area contributed by atoms with Gasteiger partial charge in [-0.05, 0) is 49.3 Å². The van der Waals surface area contributed by atoms with Crippen LogP contribution >= 0.6 is 12.2 Å². The molecule has 1 aromatic carbocycles. The minimum absolute atomic E-state index is 0.494. The SMILES string of the molecule is CCCNC(=S)N/N=C(/C)c1ccc(OC)c(COC)c1. The van der Waals surface area contributed by atoms with Crippen LogP contribution in [0.15, 0.2) is 23.3 Å². The molecular weight excluding hydrogens is 286 g/mol. The van der Waals surface area contributed by atoms with Gasteiger partial charge in [0, 0.05) is 19.2 Å². The third kappa shape index (κ3) is 5.69. The molecule has 0 aromatic heterocycles. The van der Waals surface area contributed by atoms with Gasteiger partial charge in [-0.1, -0.05) is 6.92 Å². The molecule has 0 saturated carbocycles. The summed E-state index contributed by atoms with van der Waals surface area (Å²) < 4.78 is 10.5. The lowest BCUT2D eigenvalue weighted by Gasteiger charge is -2.11. The standard InChI is InChI=1S/C15H23N3O2S/c1-5-8-16-15(21)18-17-11(2)12-6-7-14(20-4)13(9-12)10-19-3/h6-7,9H,5,8,10H2,1-4H3,(H2,16,18,21)/b17-11-. The topological polar surface area (TPSA) is 54.9 Å². The van der Waals surface area contributed by atoms with Gasteiger partial charge in [-0.25, -0.2) is 0 Å². The first-order chi connectivity index (χ1) is 10.1. The molecule has 0 fully saturated rings. The van der Waals surface area contributed by atoms with E-state index in [0.29, 0.717) is 11.7 Å². The summed E-state index contributed by atoms with van der Waals surface area (Å²) >= 11 is 5.13. The summed E-state index contributed by atoms with van der Waals surface area (Å²) in [5.74, 6) is 0.807. The highest BCUT2D eigenvalue weighted by molar-refractivity contribution is 7.80. The van der Waals surface area contributed by atoms with Crippen molar-refractivity contribution in [1.29, 1.82) is 0 Å². The molecule has 0 atom stereocenters. The average molecular weight is 309 g/mol. The predicted octanol–water partition coefficient (Wildman–Crippen LogP) is 2.44. The Hall–Kier alpha value is -1.66. The van der Waals surface area contributed by atoms with Crippen molar-refractivity contribution in [3.63, 3.8) is 0 Å². The Bertz CT molecular complexity index is 504. The van der Waals surface area contributed by atoms with E-state index in [9.17, 15) is 0 Å². The molecule has 5 nitrogen and oxygen atoms in total. The van der Waals surface area contributed by atoms with E-state index in [0.717, 1.165) is 35.6 Å². The molecule has 0 saturated heterocycles. The first-order valence-corrected chi connectivity index (χ1v) is 7.27. The number of nitrogens with one attached hydrogen (secondary N) is 2. The average Bonchev–Trinajstić information content (AvgIpc) is 2.50. The smallest absolute Gasteiger partial charge is 0.186 e. The summed E-state index contributed by atoms with van der Waals surface area (Å²) in [4.78, 5) is 0. The summed E-state index contributed by atoms with van der Waals surface area (Å²) in [6.07, 6.45) is 1.02. The number of rotatable bonds is 7. The molecule has 6 heteroatoms. The van der Waals surface area contributed by atoms with Crippen LogP contribution in [0.4, 0.5) is 0 Å². The molecule has 0 heterocycles. The van der Waals surface area contributed by atoms with Crippen LogP contribution in [0.5, 0.6) is 5.75 Å². The molecule has 0 aliphatic heterocycles. The third-order valence-corrected chi connectivity index (χ3v) is 3.09. The Morgan fingerprint density at radius 1 is 1.33 bits per heavy atom. The van der Waals surface area contributed by atoms with E-state index in [-0.39, 0.29) is 0 Å². The minimum Gasteiger partial charge on any atom is -0.496 e. The van der Waals surface area contributed by atoms with Crippen molar-refractivity contribution in [2.75, 3.05) is 20.8 Å². The maximum absolute atomic E-state index is 5.31. The number of hydrogen-bond acceptors (Lipinski definition) is 4. The van der Waals surface area contributed by atoms with Crippen LogP contribution in [-0.4, -0.2) is 31.6 Å². The highest BCUT2D eigenvalue weighted by Crippen LogP contribution is 2.21. The first kappa shape index (κ1) is 17.4. The summed E-state index contributed by atoms with van der Waals surface area (Å²) in [6.45, 7) is 5.34. The second kappa shape index (κ2) is 9.31. The maximum Gasteiger partial charge on any atom is 0.186 e. The fourth-order valence-electron chi connectivity index (χ4n) is 1.75. The lowest BCUT2D eigenvalue weighted by Crippen LogP contribution is -2.33. The van der Waals surface area contributed by atoms with E-state index >= 15 is 0 Å². The van der Waals surface area contributed by atoms with Gasteiger partial charge in [-0.2, -0.15) is 5.10 Å². The van der Waals surface area contributed by atoms with Crippen molar-refractivity contribution in [1.82, 2.24) is 10.7 Å². The zero-order chi connectivity index (χ0) is 15.7. The summed E-state index contributed by atoms with van der Waals surface area (Å²) in [7, 11) is 3.31. The van der Waals surface area contributed by atoms with Crippen LogP contribution in [-0.2, 0) is 11.3 Å². The molecule has 0 aliphatic carbocycles. The van der Waals surface area contributed by atoms with Crippen LogP contribution < -0.4 is 15.5 Å². The second-order valence-corrected chi connectivity index (χ2v) is 4.93. The Labute approximate surface area is 131 Å². The van der Waals surface area contributed by atoms with Gasteiger partial charge in [0.05, 0.1) is 19.4 Å². The van der Waals surface area contributed by atoms with Crippen molar-refractivity contribution < 1.29 is 9.47 Å². The molecule has 2 N–H and O–H groups in total. The van der Waals surface area contributed by atoms with Gasteiger partial charge in [0.2, 0.25) is 0 Å². The van der Waals surface area contributed by atoms with Gasteiger partial charge in [0.1, 0.15) is 5.75 Å². The van der Waals surface area contributed by atoms with Gasteiger partial charge in [-0.3, -0.25) is 5.43 Å². The van der Waals surface area contributed by atoms with Gasteiger partial charge >= 0.3 is 0 Å². The fraction of sp³-hybridized carbons (Fsp3) is 0.467. The largest absolute Gasteiger partial charge is 0.496 e. The van der Waals surface area contributed by atoms with Crippen LogP contribution in [0.2, 0.25) is 0 Å². The monoisotopic (exact) mass is 309 g/mol. The maximum atomic E-state index is 5.31. The molecule has 21 heavy (non-hydrogen) atoms. The highest BCUT2D eigenvalue weighted by Gasteiger charge is 2.06. The third-order valence-electron chi connectivity index (χ3n) is 2.86. The van der Waals surface area contributed by atoms with Crippen molar-refractivity contribution in [2.45, 2.75) is 26.9 Å². The zero-order valence-electron chi connectivity index (χ0n) is 13.0. The molecule has 0 bridgehead atoms. The van der Waals surface area contributed by atoms with Gasteiger partial charge < -0.3 is 14.8 Å². The Morgan fingerprint density at radius 3 is 2.71 bits per heavy atom. The van der Waals surface area contributed by atoms with Gasteiger partial charge in [-0.15, -0.1) is 0 Å². The predicted molar refractivity (Wildman–Crippen MR) is 89.9 cm³/mol. The molecule has 1 rings (SSSR count). The lowest BCUT2D eigenvalue weighted by molar-refractivity contribution is 0.181. The van der Waals surface area contributed by atoms with Crippen molar-refractivity contribution in [3.8, 4) is 5.75 Å². The number of ether oxygens (including phenoxy) is 2. The summed E-state index contributed by atoms with van der Waals surface area (Å²) in [5.41, 5.74) is 5.66. The Balaban J connectivity index is 2.79. The molecule has 0 aliphatic rings. The Morgan fingerprint density at radius 2 is 2.10 bits per heavy atom. The van der Waals surface area contributed by atoms with Crippen molar-refractivity contribution in [2.24, 2.45) is 5.10 Å². The first-order valence-electron chi connectivity index (χ1n) is 6.86. The van der Waals surface area contributed by atoms with E-state index in [1.54, 1.807) is 14.2 Å². The highest BCUT2D eigenvalue weighted by atomic mass is 32.1. The van der Waals surface area contributed by atoms with Crippen molar-refractivity contribution in [3.05, 3.63) is 29.3 Å². The number of methoxy groups -OCH3 is 2. The summed E-state index contributed by atoms with van der Waals surface area (Å²) in [6, 6.07) is 5.88. The van der Waals surface area contributed by atoms with Crippen molar-refractivity contribution >= 4 is 23.0 Å². The van der Waals surface area contributed by atoms with E-state index in [2.05, 4.69) is 22.8 Å². The van der Waals surface area contributed by atoms with Crippen LogP contribution in [0.25, 0.3) is 0 Å².